The van der Waals surface area contributed by atoms with Crippen LogP contribution in [0.5, 0.6) is 5.75 Å². The van der Waals surface area contributed by atoms with Gasteiger partial charge in [-0.3, -0.25) is 9.48 Å². The quantitative estimate of drug-likeness (QED) is 0.642. The van der Waals surface area contributed by atoms with Gasteiger partial charge in [-0.2, -0.15) is 5.10 Å². The van der Waals surface area contributed by atoms with Crippen LogP contribution in [0.1, 0.15) is 16.1 Å². The number of allylic oxidation sites excluding steroid dienone is 1. The third-order valence-electron chi connectivity index (χ3n) is 2.70. The molecule has 0 bridgehead atoms. The summed E-state index contributed by atoms with van der Waals surface area (Å²) in [7, 11) is 3.37. The van der Waals surface area contributed by atoms with Crippen LogP contribution < -0.4 is 4.74 Å². The minimum absolute atomic E-state index is 0.106. The van der Waals surface area contributed by atoms with Crippen LogP contribution in [0.15, 0.2) is 41.0 Å². The fourth-order valence-electron chi connectivity index (χ4n) is 1.70. The van der Waals surface area contributed by atoms with Crippen molar-refractivity contribution < 1.29 is 9.53 Å². The van der Waals surface area contributed by atoms with Crippen molar-refractivity contribution in [3.8, 4) is 5.75 Å². The van der Waals surface area contributed by atoms with Crippen molar-refractivity contribution >= 4 is 27.8 Å². The monoisotopic (exact) mass is 320 g/mol. The van der Waals surface area contributed by atoms with Gasteiger partial charge in [0.2, 0.25) is 0 Å². The molecular weight excluding hydrogens is 308 g/mol. The number of aryl methyl sites for hydroxylation is 1. The molecule has 0 fully saturated rings. The van der Waals surface area contributed by atoms with Gasteiger partial charge in [0.15, 0.2) is 5.78 Å². The topological polar surface area (TPSA) is 44.1 Å². The van der Waals surface area contributed by atoms with E-state index in [9.17, 15) is 4.79 Å². The third kappa shape index (κ3) is 2.93. The Balaban J connectivity index is 2.26. The van der Waals surface area contributed by atoms with E-state index in [1.807, 2.05) is 19.2 Å². The van der Waals surface area contributed by atoms with Crippen molar-refractivity contribution in [3.63, 3.8) is 0 Å². The maximum absolute atomic E-state index is 12.1. The molecule has 0 atom stereocenters. The second kappa shape index (κ2) is 5.84. The summed E-state index contributed by atoms with van der Waals surface area (Å²) in [6.07, 6.45) is 4.93. The summed E-state index contributed by atoms with van der Waals surface area (Å²) >= 11 is 3.38. The first kappa shape index (κ1) is 13.5. The molecule has 4 nitrogen and oxygen atoms in total. The average molecular weight is 321 g/mol. The molecule has 1 aromatic heterocycles. The summed E-state index contributed by atoms with van der Waals surface area (Å²) in [5.41, 5.74) is 1.38. The van der Waals surface area contributed by atoms with Crippen LogP contribution in [-0.2, 0) is 7.05 Å². The van der Waals surface area contributed by atoms with Gasteiger partial charge in [0.1, 0.15) is 5.75 Å². The Kier molecular flexibility index (Phi) is 4.16. The molecule has 0 unspecified atom stereocenters. The molecular formula is C14H13BrN2O2. The molecule has 0 saturated carbocycles. The van der Waals surface area contributed by atoms with Gasteiger partial charge in [-0.25, -0.2) is 0 Å². The zero-order valence-electron chi connectivity index (χ0n) is 10.6. The molecule has 98 valence electrons. The van der Waals surface area contributed by atoms with E-state index in [2.05, 4.69) is 21.0 Å². The molecule has 0 amide bonds. The number of rotatable bonds is 4. The number of methoxy groups -OCH3 is 1. The molecule has 0 spiro atoms. The van der Waals surface area contributed by atoms with E-state index in [4.69, 9.17) is 4.74 Å². The van der Waals surface area contributed by atoms with Crippen LogP contribution in [0.2, 0.25) is 0 Å². The highest BCUT2D eigenvalue weighted by molar-refractivity contribution is 9.10. The highest BCUT2D eigenvalue weighted by atomic mass is 79.9. The lowest BCUT2D eigenvalue weighted by molar-refractivity contribution is 0.104. The van der Waals surface area contributed by atoms with E-state index < -0.39 is 0 Å². The SMILES string of the molecule is COc1ccccc1C(=O)/C=C/c1c(Br)cnn1C. The van der Waals surface area contributed by atoms with E-state index >= 15 is 0 Å². The molecule has 0 radical (unpaired) electrons. The van der Waals surface area contributed by atoms with Gasteiger partial charge in [-0.1, -0.05) is 12.1 Å². The van der Waals surface area contributed by atoms with Crippen molar-refractivity contribution in [1.29, 1.82) is 0 Å². The fourth-order valence-corrected chi connectivity index (χ4v) is 2.18. The lowest BCUT2D eigenvalue weighted by Gasteiger charge is -2.04. The minimum atomic E-state index is -0.106. The molecule has 1 heterocycles. The largest absolute Gasteiger partial charge is 0.496 e. The number of halogens is 1. The summed E-state index contributed by atoms with van der Waals surface area (Å²) in [6, 6.07) is 7.14. The molecule has 1 aromatic carbocycles. The van der Waals surface area contributed by atoms with E-state index in [1.165, 1.54) is 6.08 Å². The maximum atomic E-state index is 12.1. The zero-order chi connectivity index (χ0) is 13.8. The second-order valence-corrected chi connectivity index (χ2v) is 4.75. The smallest absolute Gasteiger partial charge is 0.189 e. The summed E-state index contributed by atoms with van der Waals surface area (Å²) in [6.45, 7) is 0. The lowest BCUT2D eigenvalue weighted by atomic mass is 10.1. The summed E-state index contributed by atoms with van der Waals surface area (Å²) in [4.78, 5) is 12.1. The Morgan fingerprint density at radius 1 is 1.42 bits per heavy atom. The third-order valence-corrected chi connectivity index (χ3v) is 3.31. The van der Waals surface area contributed by atoms with E-state index in [0.717, 1.165) is 10.2 Å². The van der Waals surface area contributed by atoms with Crippen LogP contribution in [-0.4, -0.2) is 22.7 Å². The van der Waals surface area contributed by atoms with Crippen LogP contribution >= 0.6 is 15.9 Å². The van der Waals surface area contributed by atoms with Crippen LogP contribution in [0.3, 0.4) is 0 Å². The van der Waals surface area contributed by atoms with Gasteiger partial charge in [0.25, 0.3) is 0 Å². The van der Waals surface area contributed by atoms with Gasteiger partial charge in [0, 0.05) is 7.05 Å². The van der Waals surface area contributed by atoms with Crippen molar-refractivity contribution in [2.45, 2.75) is 0 Å². The molecule has 19 heavy (non-hydrogen) atoms. The predicted octanol–water partition coefficient (Wildman–Crippen LogP) is 3.09. The number of para-hydroxylation sites is 1. The molecule has 0 aliphatic rings. The van der Waals surface area contributed by atoms with Crippen molar-refractivity contribution in [1.82, 2.24) is 9.78 Å². The van der Waals surface area contributed by atoms with Crippen LogP contribution in [0.4, 0.5) is 0 Å². The number of hydrogen-bond acceptors (Lipinski definition) is 3. The molecule has 0 N–H and O–H groups in total. The Labute approximate surface area is 119 Å². The number of carbonyl (C=O) groups is 1. The van der Waals surface area contributed by atoms with Crippen LogP contribution in [0, 0.1) is 0 Å². The number of nitrogens with zero attached hydrogens (tertiary/aromatic N) is 2. The summed E-state index contributed by atoms with van der Waals surface area (Å²) in [5, 5.41) is 4.08. The molecule has 2 rings (SSSR count). The molecule has 0 aliphatic heterocycles. The average Bonchev–Trinajstić information content (AvgIpc) is 2.75. The number of hydrogen-bond donors (Lipinski definition) is 0. The first-order valence-electron chi connectivity index (χ1n) is 5.66. The number of aromatic nitrogens is 2. The van der Waals surface area contributed by atoms with E-state index in [-0.39, 0.29) is 5.78 Å². The number of ether oxygens (including phenoxy) is 1. The minimum Gasteiger partial charge on any atom is -0.496 e. The normalized spacial score (nSPS) is 10.9. The standard InChI is InChI=1S/C14H13BrN2O2/c1-17-12(11(15)9-16-17)7-8-13(18)10-5-3-4-6-14(10)19-2/h3-9H,1-2H3/b8-7+. The predicted molar refractivity (Wildman–Crippen MR) is 77.3 cm³/mol. The number of ketones is 1. The van der Waals surface area contributed by atoms with Gasteiger partial charge in [-0.15, -0.1) is 0 Å². The Bertz CT molecular complexity index is 613. The molecule has 0 saturated heterocycles. The number of benzene rings is 1. The second-order valence-electron chi connectivity index (χ2n) is 3.90. The van der Waals surface area contributed by atoms with Gasteiger partial charge < -0.3 is 4.74 Å². The first-order valence-corrected chi connectivity index (χ1v) is 6.45. The maximum Gasteiger partial charge on any atom is 0.189 e. The summed E-state index contributed by atoms with van der Waals surface area (Å²) in [5.74, 6) is 0.465. The highest BCUT2D eigenvalue weighted by Gasteiger charge is 2.09. The van der Waals surface area contributed by atoms with Gasteiger partial charge >= 0.3 is 0 Å². The van der Waals surface area contributed by atoms with E-state index in [0.29, 0.717) is 11.3 Å². The Morgan fingerprint density at radius 3 is 2.79 bits per heavy atom. The molecule has 0 aliphatic carbocycles. The zero-order valence-corrected chi connectivity index (χ0v) is 12.2. The number of carbonyl (C=O) groups excluding carboxylic acids is 1. The Hall–Kier alpha value is -1.88. The Morgan fingerprint density at radius 2 is 2.16 bits per heavy atom. The molecule has 2 aromatic rings. The fraction of sp³-hybridized carbons (Fsp3) is 0.143. The molecule has 5 heteroatoms. The lowest BCUT2D eigenvalue weighted by Crippen LogP contribution is -1.99. The van der Waals surface area contributed by atoms with Crippen molar-refractivity contribution in [3.05, 3.63) is 52.3 Å². The first-order chi connectivity index (χ1) is 9.13. The van der Waals surface area contributed by atoms with Gasteiger partial charge in [-0.05, 0) is 40.2 Å². The summed E-state index contributed by atoms with van der Waals surface area (Å²) < 4.78 is 7.71. The highest BCUT2D eigenvalue weighted by Crippen LogP contribution is 2.20. The van der Waals surface area contributed by atoms with E-state index in [1.54, 1.807) is 36.2 Å². The van der Waals surface area contributed by atoms with Crippen molar-refractivity contribution in [2.75, 3.05) is 7.11 Å². The van der Waals surface area contributed by atoms with Gasteiger partial charge in [0.05, 0.1) is 29.0 Å². The van der Waals surface area contributed by atoms with Crippen LogP contribution in [0.25, 0.3) is 6.08 Å². The van der Waals surface area contributed by atoms with Crippen molar-refractivity contribution in [2.24, 2.45) is 7.05 Å².